The van der Waals surface area contributed by atoms with Gasteiger partial charge >= 0.3 is 6.03 Å². The number of nitrogens with one attached hydrogen (secondary N) is 2. The van der Waals surface area contributed by atoms with Gasteiger partial charge in [-0.2, -0.15) is 0 Å². The molecule has 6 nitrogen and oxygen atoms in total. The molecule has 2 aliphatic heterocycles. The summed E-state index contributed by atoms with van der Waals surface area (Å²) in [6.07, 6.45) is 2.72. The average Bonchev–Trinajstić information content (AvgIpc) is 2.31. The fourth-order valence-electron chi connectivity index (χ4n) is 2.57. The molecule has 0 aliphatic carbocycles. The van der Waals surface area contributed by atoms with E-state index in [1.165, 1.54) is 0 Å². The second-order valence-electron chi connectivity index (χ2n) is 5.32. The Hall–Kier alpha value is -1.30. The molecule has 0 radical (unpaired) electrons. The maximum Gasteiger partial charge on any atom is 0.312 e. The zero-order chi connectivity index (χ0) is 13.0. The molecule has 0 aromatic carbocycles. The summed E-state index contributed by atoms with van der Waals surface area (Å²) in [4.78, 5) is 24.7. The zero-order valence-corrected chi connectivity index (χ0v) is 10.7. The predicted octanol–water partition coefficient (Wildman–Crippen LogP) is -0.497. The first-order valence-electron chi connectivity index (χ1n) is 6.67. The van der Waals surface area contributed by atoms with E-state index in [9.17, 15) is 9.59 Å². The Bertz CT molecular complexity index is 317. The minimum Gasteiger partial charge on any atom is -0.352 e. The molecule has 0 aromatic rings. The molecule has 0 bridgehead atoms. The average molecular weight is 254 g/mol. The lowest BCUT2D eigenvalue weighted by Crippen LogP contribution is -2.48. The van der Waals surface area contributed by atoms with Crippen LogP contribution in [-0.2, 0) is 4.79 Å². The van der Waals surface area contributed by atoms with Gasteiger partial charge in [-0.25, -0.2) is 4.79 Å². The van der Waals surface area contributed by atoms with Crippen LogP contribution in [0.4, 0.5) is 4.79 Å². The fraction of sp³-hybridized carbons (Fsp3) is 0.833. The number of likely N-dealkylation sites (tertiary alicyclic amines) is 1. The number of piperidine rings is 1. The molecular weight excluding hydrogens is 232 g/mol. The molecular formula is C12H22N4O2. The van der Waals surface area contributed by atoms with Crippen molar-refractivity contribution in [3.63, 3.8) is 0 Å². The molecule has 4 N–H and O–H groups in total. The summed E-state index contributed by atoms with van der Waals surface area (Å²) >= 11 is 0. The van der Waals surface area contributed by atoms with Gasteiger partial charge in [-0.1, -0.05) is 0 Å². The predicted molar refractivity (Wildman–Crippen MR) is 67.9 cm³/mol. The van der Waals surface area contributed by atoms with Crippen LogP contribution >= 0.6 is 0 Å². The second kappa shape index (κ2) is 6.04. The Labute approximate surface area is 107 Å². The normalized spacial score (nSPS) is 24.4. The lowest BCUT2D eigenvalue weighted by Gasteiger charge is -2.35. The third kappa shape index (κ3) is 3.60. The van der Waals surface area contributed by atoms with Crippen LogP contribution < -0.4 is 16.4 Å². The van der Waals surface area contributed by atoms with Crippen LogP contribution in [0.5, 0.6) is 0 Å². The summed E-state index contributed by atoms with van der Waals surface area (Å²) in [5.74, 6) is 1.11. The van der Waals surface area contributed by atoms with E-state index in [-0.39, 0.29) is 5.91 Å². The molecule has 2 heterocycles. The van der Waals surface area contributed by atoms with Gasteiger partial charge in [0.1, 0.15) is 0 Å². The van der Waals surface area contributed by atoms with Gasteiger partial charge in [-0.15, -0.1) is 0 Å². The van der Waals surface area contributed by atoms with Crippen LogP contribution in [0.15, 0.2) is 0 Å². The highest BCUT2D eigenvalue weighted by Gasteiger charge is 2.27. The SMILES string of the molecule is NC(=O)NCC1CCCN(C(=O)CC2CNC2)C1. The summed E-state index contributed by atoms with van der Waals surface area (Å²) in [6, 6.07) is -0.487. The van der Waals surface area contributed by atoms with Gasteiger partial charge < -0.3 is 21.3 Å². The topological polar surface area (TPSA) is 87.5 Å². The van der Waals surface area contributed by atoms with E-state index in [4.69, 9.17) is 5.73 Å². The first kappa shape index (κ1) is 13.1. The maximum atomic E-state index is 12.1. The Kier molecular flexibility index (Phi) is 4.41. The molecule has 2 rings (SSSR count). The summed E-state index contributed by atoms with van der Waals surface area (Å²) in [5, 5.41) is 5.81. The van der Waals surface area contributed by atoms with Gasteiger partial charge in [0, 0.05) is 26.1 Å². The van der Waals surface area contributed by atoms with Gasteiger partial charge in [-0.3, -0.25) is 4.79 Å². The van der Waals surface area contributed by atoms with E-state index in [1.54, 1.807) is 0 Å². The molecule has 0 aromatic heterocycles. The maximum absolute atomic E-state index is 12.1. The van der Waals surface area contributed by atoms with Gasteiger partial charge in [0.2, 0.25) is 5.91 Å². The van der Waals surface area contributed by atoms with Crippen molar-refractivity contribution >= 4 is 11.9 Å². The summed E-state index contributed by atoms with van der Waals surface area (Å²) in [5.41, 5.74) is 5.06. The van der Waals surface area contributed by atoms with Crippen LogP contribution in [0, 0.1) is 11.8 Å². The number of nitrogens with zero attached hydrogens (tertiary/aromatic N) is 1. The Morgan fingerprint density at radius 1 is 1.33 bits per heavy atom. The molecule has 0 saturated carbocycles. The number of amides is 3. The third-order valence-electron chi connectivity index (χ3n) is 3.77. The van der Waals surface area contributed by atoms with Crippen molar-refractivity contribution in [1.82, 2.24) is 15.5 Å². The number of rotatable bonds is 4. The van der Waals surface area contributed by atoms with Crippen LogP contribution in [0.25, 0.3) is 0 Å². The van der Waals surface area contributed by atoms with Crippen LogP contribution in [0.2, 0.25) is 0 Å². The fourth-order valence-corrected chi connectivity index (χ4v) is 2.57. The highest BCUT2D eigenvalue weighted by Crippen LogP contribution is 2.18. The molecule has 3 amide bonds. The minimum absolute atomic E-state index is 0.255. The third-order valence-corrected chi connectivity index (χ3v) is 3.77. The van der Waals surface area contributed by atoms with Crippen LogP contribution in [-0.4, -0.2) is 49.6 Å². The molecule has 18 heavy (non-hydrogen) atoms. The molecule has 1 unspecified atom stereocenters. The number of primary amides is 1. The van der Waals surface area contributed by atoms with Gasteiger partial charge in [0.05, 0.1) is 0 Å². The van der Waals surface area contributed by atoms with Crippen molar-refractivity contribution in [1.29, 1.82) is 0 Å². The first-order valence-corrected chi connectivity index (χ1v) is 6.67. The van der Waals surface area contributed by atoms with Crippen molar-refractivity contribution in [2.24, 2.45) is 17.6 Å². The largest absolute Gasteiger partial charge is 0.352 e. The summed E-state index contributed by atoms with van der Waals surface area (Å²) in [7, 11) is 0. The van der Waals surface area contributed by atoms with Crippen molar-refractivity contribution in [3.8, 4) is 0 Å². The molecule has 0 spiro atoms. The number of hydrogen-bond donors (Lipinski definition) is 3. The van der Waals surface area contributed by atoms with Crippen LogP contribution in [0.1, 0.15) is 19.3 Å². The Morgan fingerprint density at radius 2 is 2.11 bits per heavy atom. The second-order valence-corrected chi connectivity index (χ2v) is 5.32. The molecule has 102 valence electrons. The number of nitrogens with two attached hydrogens (primary N) is 1. The van der Waals surface area contributed by atoms with Gasteiger partial charge in [0.15, 0.2) is 0 Å². The Morgan fingerprint density at radius 3 is 2.72 bits per heavy atom. The molecule has 1 atom stereocenters. The van der Waals surface area contributed by atoms with Crippen molar-refractivity contribution < 1.29 is 9.59 Å². The highest BCUT2D eigenvalue weighted by molar-refractivity contribution is 5.76. The van der Waals surface area contributed by atoms with Crippen LogP contribution in [0.3, 0.4) is 0 Å². The van der Waals surface area contributed by atoms with Gasteiger partial charge in [-0.05, 0) is 37.8 Å². The monoisotopic (exact) mass is 254 g/mol. The van der Waals surface area contributed by atoms with E-state index < -0.39 is 6.03 Å². The standard InChI is InChI=1S/C12H22N4O2/c13-12(18)15-7-9-2-1-3-16(8-9)11(17)4-10-5-14-6-10/h9-10,14H,1-8H2,(H3,13,15,18). The van der Waals surface area contributed by atoms with E-state index in [0.717, 1.165) is 39.0 Å². The van der Waals surface area contributed by atoms with Crippen molar-refractivity contribution in [2.45, 2.75) is 19.3 Å². The minimum atomic E-state index is -0.487. The Balaban J connectivity index is 1.74. The van der Waals surface area contributed by atoms with E-state index in [0.29, 0.717) is 24.8 Å². The number of urea groups is 1. The number of carbonyl (C=O) groups excluding carboxylic acids is 2. The lowest BCUT2D eigenvalue weighted by atomic mass is 9.95. The molecule has 2 aliphatic rings. The smallest absolute Gasteiger partial charge is 0.312 e. The zero-order valence-electron chi connectivity index (χ0n) is 10.7. The first-order chi connectivity index (χ1) is 8.65. The lowest BCUT2D eigenvalue weighted by molar-refractivity contribution is -0.134. The van der Waals surface area contributed by atoms with Gasteiger partial charge in [0.25, 0.3) is 0 Å². The molecule has 2 fully saturated rings. The van der Waals surface area contributed by atoms with E-state index >= 15 is 0 Å². The quantitative estimate of drug-likeness (QED) is 0.632. The molecule has 6 heteroatoms. The van der Waals surface area contributed by atoms with E-state index in [2.05, 4.69) is 10.6 Å². The van der Waals surface area contributed by atoms with Crippen molar-refractivity contribution in [3.05, 3.63) is 0 Å². The number of carbonyl (C=O) groups is 2. The number of hydrogen-bond acceptors (Lipinski definition) is 3. The highest BCUT2D eigenvalue weighted by atomic mass is 16.2. The summed E-state index contributed by atoms with van der Waals surface area (Å²) < 4.78 is 0. The van der Waals surface area contributed by atoms with Crippen molar-refractivity contribution in [2.75, 3.05) is 32.7 Å². The summed E-state index contributed by atoms with van der Waals surface area (Å²) in [6.45, 7) is 4.11. The van der Waals surface area contributed by atoms with E-state index in [1.807, 2.05) is 4.90 Å². The molecule has 2 saturated heterocycles.